The Bertz CT molecular complexity index is 1200. The number of nitrogens with one attached hydrogen (secondary N) is 1. The van der Waals surface area contributed by atoms with E-state index in [2.05, 4.69) is 11.4 Å². The Hall–Kier alpha value is -3.89. The number of hydrogen-bond acceptors (Lipinski definition) is 4. The van der Waals surface area contributed by atoms with Crippen LogP contribution in [0.4, 0.5) is 10.5 Å². The molecule has 0 aliphatic carbocycles. The summed E-state index contributed by atoms with van der Waals surface area (Å²) in [5.74, 6) is -0.362. The van der Waals surface area contributed by atoms with E-state index in [9.17, 15) is 14.9 Å². The predicted molar refractivity (Wildman–Crippen MR) is 136 cm³/mol. The number of morpholine rings is 1. The van der Waals surface area contributed by atoms with Crippen LogP contribution < -0.4 is 10.2 Å². The van der Waals surface area contributed by atoms with Crippen LogP contribution in [0.3, 0.4) is 0 Å². The standard InChI is InChI=1S/C28H30N4O3/c1-21(27(33)30-24(20-29)15-14-22-8-3-2-4-9-22)32(28(34)31-16-18-35-19-17-31)26-13-7-11-23-10-5-6-12-25(23)26/h2-13,21,24H,14-19H2,1H3,(H,30,33)/t21-,24-/m0/s1. The lowest BCUT2D eigenvalue weighted by molar-refractivity contribution is -0.122. The van der Waals surface area contributed by atoms with Crippen molar-refractivity contribution in [2.75, 3.05) is 31.2 Å². The number of hydrogen-bond donors (Lipinski definition) is 1. The highest BCUT2D eigenvalue weighted by Crippen LogP contribution is 2.29. The minimum Gasteiger partial charge on any atom is -0.378 e. The first kappa shape index (κ1) is 24.2. The molecular formula is C28H30N4O3. The molecule has 7 heteroatoms. The van der Waals surface area contributed by atoms with Gasteiger partial charge >= 0.3 is 6.03 Å². The fraction of sp³-hybridized carbons (Fsp3) is 0.321. The van der Waals surface area contributed by atoms with Crippen molar-refractivity contribution in [2.45, 2.75) is 31.8 Å². The van der Waals surface area contributed by atoms with Crippen LogP contribution in [0.2, 0.25) is 0 Å². The average Bonchev–Trinajstić information content (AvgIpc) is 2.92. The van der Waals surface area contributed by atoms with Gasteiger partial charge in [-0.2, -0.15) is 5.26 Å². The van der Waals surface area contributed by atoms with Crippen LogP contribution in [0.1, 0.15) is 18.9 Å². The van der Waals surface area contributed by atoms with E-state index in [0.717, 1.165) is 16.3 Å². The summed E-state index contributed by atoms with van der Waals surface area (Å²) in [6.45, 7) is 3.57. The van der Waals surface area contributed by atoms with Gasteiger partial charge in [0, 0.05) is 18.5 Å². The van der Waals surface area contributed by atoms with E-state index in [0.29, 0.717) is 44.8 Å². The lowest BCUT2D eigenvalue weighted by atomic mass is 10.0. The van der Waals surface area contributed by atoms with Gasteiger partial charge in [-0.3, -0.25) is 9.69 Å². The zero-order valence-corrected chi connectivity index (χ0v) is 19.9. The minimum absolute atomic E-state index is 0.245. The van der Waals surface area contributed by atoms with Crippen molar-refractivity contribution < 1.29 is 14.3 Å². The summed E-state index contributed by atoms with van der Waals surface area (Å²) in [4.78, 5) is 30.3. The van der Waals surface area contributed by atoms with Crippen LogP contribution in [-0.2, 0) is 16.0 Å². The van der Waals surface area contributed by atoms with Crippen molar-refractivity contribution in [1.82, 2.24) is 10.2 Å². The van der Waals surface area contributed by atoms with E-state index in [1.807, 2.05) is 72.8 Å². The number of nitrogens with zero attached hydrogens (tertiary/aromatic N) is 3. The number of urea groups is 1. The number of nitriles is 1. The molecule has 180 valence electrons. The maximum Gasteiger partial charge on any atom is 0.325 e. The van der Waals surface area contributed by atoms with Crippen molar-refractivity contribution in [3.8, 4) is 6.07 Å². The molecule has 3 aromatic rings. The summed E-state index contributed by atoms with van der Waals surface area (Å²) in [5.41, 5.74) is 1.77. The zero-order valence-electron chi connectivity index (χ0n) is 19.9. The maximum atomic E-state index is 13.7. The molecule has 7 nitrogen and oxygen atoms in total. The summed E-state index contributed by atoms with van der Waals surface area (Å²) in [6.07, 6.45) is 1.16. The number of anilines is 1. The van der Waals surface area contributed by atoms with E-state index < -0.39 is 12.1 Å². The quantitative estimate of drug-likeness (QED) is 0.563. The second-order valence-corrected chi connectivity index (χ2v) is 8.64. The molecule has 0 radical (unpaired) electrons. The lowest BCUT2D eigenvalue weighted by Gasteiger charge is -2.36. The van der Waals surface area contributed by atoms with Crippen molar-refractivity contribution in [3.63, 3.8) is 0 Å². The van der Waals surface area contributed by atoms with E-state index >= 15 is 0 Å². The molecule has 0 unspecified atom stereocenters. The normalized spacial score (nSPS) is 15.1. The highest BCUT2D eigenvalue weighted by Gasteiger charge is 2.33. The van der Waals surface area contributed by atoms with Gasteiger partial charge in [0.15, 0.2) is 0 Å². The van der Waals surface area contributed by atoms with Gasteiger partial charge in [0.25, 0.3) is 0 Å². The smallest absolute Gasteiger partial charge is 0.325 e. The van der Waals surface area contributed by atoms with Gasteiger partial charge in [-0.25, -0.2) is 4.79 Å². The molecule has 0 spiro atoms. The van der Waals surface area contributed by atoms with Crippen LogP contribution >= 0.6 is 0 Å². The van der Waals surface area contributed by atoms with Gasteiger partial charge < -0.3 is 15.0 Å². The molecule has 1 saturated heterocycles. The molecule has 4 rings (SSSR count). The zero-order chi connectivity index (χ0) is 24.6. The first-order valence-electron chi connectivity index (χ1n) is 12.0. The monoisotopic (exact) mass is 470 g/mol. The Morgan fingerprint density at radius 1 is 1.03 bits per heavy atom. The lowest BCUT2D eigenvalue weighted by Crippen LogP contribution is -2.56. The molecule has 1 heterocycles. The molecule has 35 heavy (non-hydrogen) atoms. The minimum atomic E-state index is -0.816. The Morgan fingerprint density at radius 2 is 1.71 bits per heavy atom. The van der Waals surface area contributed by atoms with E-state index in [1.165, 1.54) is 0 Å². The Labute approximate surface area is 205 Å². The first-order chi connectivity index (χ1) is 17.1. The molecule has 1 aliphatic heterocycles. The SMILES string of the molecule is C[C@@H](C(=O)N[C@H](C#N)CCc1ccccc1)N(C(=O)N1CCOCC1)c1cccc2ccccc12. The van der Waals surface area contributed by atoms with Crippen molar-refractivity contribution in [3.05, 3.63) is 78.4 Å². The number of aryl methyl sites for hydroxylation is 1. The molecule has 1 fully saturated rings. The molecule has 1 N–H and O–H groups in total. The number of ether oxygens (including phenoxy) is 1. The van der Waals surface area contributed by atoms with E-state index in [4.69, 9.17) is 4.74 Å². The molecule has 2 atom stereocenters. The summed E-state index contributed by atoms with van der Waals surface area (Å²) in [5, 5.41) is 14.4. The molecule has 3 amide bonds. The summed E-state index contributed by atoms with van der Waals surface area (Å²) < 4.78 is 5.42. The number of rotatable bonds is 7. The van der Waals surface area contributed by atoms with Crippen molar-refractivity contribution >= 4 is 28.4 Å². The second kappa shape index (κ2) is 11.5. The van der Waals surface area contributed by atoms with Gasteiger partial charge in [-0.15, -0.1) is 0 Å². The molecule has 1 aliphatic rings. The summed E-state index contributed by atoms with van der Waals surface area (Å²) in [6, 6.07) is 23.9. The number of benzene rings is 3. The third-order valence-electron chi connectivity index (χ3n) is 6.32. The third kappa shape index (κ3) is 5.79. The van der Waals surface area contributed by atoms with Gasteiger partial charge in [-0.05, 0) is 36.8 Å². The van der Waals surface area contributed by atoms with Crippen LogP contribution in [0.25, 0.3) is 10.8 Å². The molecule has 0 saturated carbocycles. The average molecular weight is 471 g/mol. The van der Waals surface area contributed by atoms with Crippen LogP contribution in [0, 0.1) is 11.3 Å². The third-order valence-corrected chi connectivity index (χ3v) is 6.32. The highest BCUT2D eigenvalue weighted by molar-refractivity contribution is 6.07. The number of carbonyl (C=O) groups is 2. The predicted octanol–water partition coefficient (Wildman–Crippen LogP) is 4.13. The fourth-order valence-electron chi connectivity index (χ4n) is 4.34. The van der Waals surface area contributed by atoms with Gasteiger partial charge in [0.2, 0.25) is 5.91 Å². The maximum absolute atomic E-state index is 13.7. The molecular weight excluding hydrogens is 440 g/mol. The first-order valence-corrected chi connectivity index (χ1v) is 12.0. The number of fused-ring (bicyclic) bond motifs is 1. The summed E-state index contributed by atoms with van der Waals surface area (Å²) >= 11 is 0. The molecule has 0 bridgehead atoms. The molecule has 0 aromatic heterocycles. The van der Waals surface area contributed by atoms with Gasteiger partial charge in [-0.1, -0.05) is 66.7 Å². The van der Waals surface area contributed by atoms with Crippen molar-refractivity contribution in [1.29, 1.82) is 5.26 Å². The Balaban J connectivity index is 1.57. The van der Waals surface area contributed by atoms with Crippen molar-refractivity contribution in [2.24, 2.45) is 0 Å². The van der Waals surface area contributed by atoms with Crippen LogP contribution in [0.5, 0.6) is 0 Å². The largest absolute Gasteiger partial charge is 0.378 e. The number of carbonyl (C=O) groups excluding carboxylic acids is 2. The van der Waals surface area contributed by atoms with Crippen LogP contribution in [-0.4, -0.2) is 55.2 Å². The highest BCUT2D eigenvalue weighted by atomic mass is 16.5. The van der Waals surface area contributed by atoms with Crippen LogP contribution in [0.15, 0.2) is 72.8 Å². The Kier molecular flexibility index (Phi) is 7.96. The van der Waals surface area contributed by atoms with Gasteiger partial charge in [0.1, 0.15) is 12.1 Å². The van der Waals surface area contributed by atoms with E-state index in [1.54, 1.807) is 16.7 Å². The topological polar surface area (TPSA) is 85.7 Å². The molecule has 3 aromatic carbocycles. The number of amides is 3. The van der Waals surface area contributed by atoms with Gasteiger partial charge in [0.05, 0.1) is 25.0 Å². The van der Waals surface area contributed by atoms with E-state index in [-0.39, 0.29) is 11.9 Å². The Morgan fingerprint density at radius 3 is 2.46 bits per heavy atom. The fourth-order valence-corrected chi connectivity index (χ4v) is 4.34. The second-order valence-electron chi connectivity index (χ2n) is 8.64. The summed E-state index contributed by atoms with van der Waals surface area (Å²) in [7, 11) is 0.